The smallest absolute Gasteiger partial charge is 0.227 e. The van der Waals surface area contributed by atoms with Gasteiger partial charge in [0.05, 0.1) is 5.92 Å². The van der Waals surface area contributed by atoms with E-state index in [1.807, 2.05) is 12.1 Å². The fourth-order valence-corrected chi connectivity index (χ4v) is 3.15. The van der Waals surface area contributed by atoms with Crippen LogP contribution in [0.5, 0.6) is 0 Å². The monoisotopic (exact) mass is 385 g/mol. The second-order valence-corrected chi connectivity index (χ2v) is 6.92. The molecule has 3 amide bonds. The first-order chi connectivity index (χ1) is 12.9. The molecule has 0 aliphatic carbocycles. The number of carbonyl (C=O) groups excluding carboxylic acids is 3. The minimum Gasteiger partial charge on any atom is -0.352 e. The summed E-state index contributed by atoms with van der Waals surface area (Å²) in [6.45, 7) is 2.13. The van der Waals surface area contributed by atoms with Gasteiger partial charge < -0.3 is 15.5 Å². The summed E-state index contributed by atoms with van der Waals surface area (Å²) < 4.78 is 0. The van der Waals surface area contributed by atoms with Crippen LogP contribution in [0, 0.1) is 5.92 Å². The molecule has 27 heavy (non-hydrogen) atoms. The zero-order chi connectivity index (χ0) is 19.4. The Kier molecular flexibility index (Phi) is 5.76. The highest BCUT2D eigenvalue weighted by atomic mass is 35.5. The van der Waals surface area contributed by atoms with Crippen molar-refractivity contribution in [2.45, 2.75) is 19.9 Å². The summed E-state index contributed by atoms with van der Waals surface area (Å²) in [6, 6.07) is 14.3. The summed E-state index contributed by atoms with van der Waals surface area (Å²) in [5.74, 6) is -0.853. The molecule has 1 aliphatic heterocycles. The maximum Gasteiger partial charge on any atom is 0.227 e. The van der Waals surface area contributed by atoms with Crippen LogP contribution in [0.15, 0.2) is 48.5 Å². The predicted molar refractivity (Wildman–Crippen MR) is 105 cm³/mol. The topological polar surface area (TPSA) is 78.5 Å². The number of hydrogen-bond donors (Lipinski definition) is 2. The number of halogens is 1. The minimum atomic E-state index is -0.408. The lowest BCUT2D eigenvalue weighted by molar-refractivity contribution is -0.126. The Hall–Kier alpha value is -2.86. The van der Waals surface area contributed by atoms with Gasteiger partial charge in [-0.15, -0.1) is 0 Å². The van der Waals surface area contributed by atoms with Crippen LogP contribution in [0.3, 0.4) is 0 Å². The Labute approximate surface area is 162 Å². The lowest BCUT2D eigenvalue weighted by Gasteiger charge is -2.18. The van der Waals surface area contributed by atoms with Crippen LogP contribution < -0.4 is 15.5 Å². The molecule has 6 nitrogen and oxygen atoms in total. The van der Waals surface area contributed by atoms with E-state index in [1.165, 1.54) is 6.92 Å². The average Bonchev–Trinajstić information content (AvgIpc) is 3.02. The van der Waals surface area contributed by atoms with Crippen LogP contribution in [0.1, 0.15) is 18.9 Å². The molecule has 0 radical (unpaired) electrons. The molecule has 0 unspecified atom stereocenters. The molecule has 3 rings (SSSR count). The van der Waals surface area contributed by atoms with Gasteiger partial charge in [0.25, 0.3) is 0 Å². The molecule has 2 aromatic carbocycles. The highest BCUT2D eigenvalue weighted by molar-refractivity contribution is 6.30. The third kappa shape index (κ3) is 4.86. The molecule has 0 spiro atoms. The van der Waals surface area contributed by atoms with Gasteiger partial charge in [-0.05, 0) is 35.9 Å². The quantitative estimate of drug-likeness (QED) is 0.830. The molecule has 1 atom stereocenters. The second-order valence-electron chi connectivity index (χ2n) is 6.48. The van der Waals surface area contributed by atoms with E-state index in [4.69, 9.17) is 11.6 Å². The van der Waals surface area contributed by atoms with Gasteiger partial charge in [0.15, 0.2) is 0 Å². The van der Waals surface area contributed by atoms with Crippen molar-refractivity contribution in [2.75, 3.05) is 16.8 Å². The minimum absolute atomic E-state index is 0.110. The molecular weight excluding hydrogens is 366 g/mol. The van der Waals surface area contributed by atoms with Gasteiger partial charge in [0, 0.05) is 42.8 Å². The van der Waals surface area contributed by atoms with Gasteiger partial charge in [-0.25, -0.2) is 0 Å². The van der Waals surface area contributed by atoms with Crippen LogP contribution in [-0.4, -0.2) is 24.3 Å². The van der Waals surface area contributed by atoms with Crippen molar-refractivity contribution in [3.8, 4) is 0 Å². The first-order valence-corrected chi connectivity index (χ1v) is 9.00. The summed E-state index contributed by atoms with van der Waals surface area (Å²) in [5.41, 5.74) is 2.22. The van der Waals surface area contributed by atoms with Crippen molar-refractivity contribution in [1.29, 1.82) is 0 Å². The molecule has 2 N–H and O–H groups in total. The van der Waals surface area contributed by atoms with Crippen LogP contribution in [0.4, 0.5) is 11.4 Å². The van der Waals surface area contributed by atoms with Crippen LogP contribution in [-0.2, 0) is 20.9 Å². The number of nitrogens with zero attached hydrogens (tertiary/aromatic N) is 1. The van der Waals surface area contributed by atoms with E-state index in [0.717, 1.165) is 5.56 Å². The predicted octanol–water partition coefficient (Wildman–Crippen LogP) is 2.97. The Balaban J connectivity index is 1.62. The zero-order valence-electron chi connectivity index (χ0n) is 14.9. The second kappa shape index (κ2) is 8.22. The van der Waals surface area contributed by atoms with E-state index in [0.29, 0.717) is 29.5 Å². The van der Waals surface area contributed by atoms with Crippen molar-refractivity contribution in [1.82, 2.24) is 5.32 Å². The van der Waals surface area contributed by atoms with Crippen LogP contribution >= 0.6 is 11.6 Å². The number of rotatable bonds is 5. The fraction of sp³-hybridized carbons (Fsp3) is 0.250. The van der Waals surface area contributed by atoms with Gasteiger partial charge in [-0.2, -0.15) is 0 Å². The van der Waals surface area contributed by atoms with E-state index in [9.17, 15) is 14.4 Å². The maximum atomic E-state index is 12.4. The van der Waals surface area contributed by atoms with Gasteiger partial charge in [-0.3, -0.25) is 14.4 Å². The molecule has 1 saturated heterocycles. The number of benzene rings is 2. The largest absolute Gasteiger partial charge is 0.352 e. The molecule has 140 valence electrons. The van der Waals surface area contributed by atoms with Gasteiger partial charge in [-0.1, -0.05) is 29.8 Å². The molecule has 2 aromatic rings. The van der Waals surface area contributed by atoms with E-state index >= 15 is 0 Å². The third-order valence-corrected chi connectivity index (χ3v) is 4.61. The average molecular weight is 386 g/mol. The molecule has 1 fully saturated rings. The van der Waals surface area contributed by atoms with E-state index in [-0.39, 0.29) is 24.1 Å². The lowest BCUT2D eigenvalue weighted by Crippen LogP contribution is -2.32. The highest BCUT2D eigenvalue weighted by Gasteiger charge is 2.35. The molecule has 0 saturated carbocycles. The molecule has 1 heterocycles. The van der Waals surface area contributed by atoms with E-state index < -0.39 is 5.92 Å². The number of hydrogen-bond acceptors (Lipinski definition) is 3. The number of amides is 3. The van der Waals surface area contributed by atoms with E-state index in [2.05, 4.69) is 10.6 Å². The van der Waals surface area contributed by atoms with Crippen molar-refractivity contribution in [3.05, 3.63) is 59.1 Å². The molecule has 1 aliphatic rings. The first-order valence-electron chi connectivity index (χ1n) is 8.62. The van der Waals surface area contributed by atoms with Gasteiger partial charge in [0.1, 0.15) is 0 Å². The summed E-state index contributed by atoms with van der Waals surface area (Å²) >= 11 is 5.85. The third-order valence-electron chi connectivity index (χ3n) is 4.35. The SMILES string of the molecule is CC(=O)Nc1cccc(N2C[C@H](C(=O)NCc3ccc(Cl)cc3)CC2=O)c1. The van der Waals surface area contributed by atoms with Gasteiger partial charge >= 0.3 is 0 Å². The number of nitrogens with one attached hydrogen (secondary N) is 2. The Morgan fingerprint density at radius 3 is 2.63 bits per heavy atom. The van der Waals surface area contributed by atoms with Crippen LogP contribution in [0.2, 0.25) is 5.02 Å². The highest BCUT2D eigenvalue weighted by Crippen LogP contribution is 2.27. The Morgan fingerprint density at radius 2 is 1.93 bits per heavy atom. The lowest BCUT2D eigenvalue weighted by atomic mass is 10.1. The molecule has 7 heteroatoms. The molecule has 0 aromatic heterocycles. The summed E-state index contributed by atoms with van der Waals surface area (Å²) in [6.07, 6.45) is 0.164. The van der Waals surface area contributed by atoms with Crippen LogP contribution in [0.25, 0.3) is 0 Å². The molecular formula is C20H20ClN3O3. The van der Waals surface area contributed by atoms with Gasteiger partial charge in [0.2, 0.25) is 17.7 Å². The van der Waals surface area contributed by atoms with Crippen molar-refractivity contribution in [3.63, 3.8) is 0 Å². The molecule has 0 bridgehead atoms. The summed E-state index contributed by atoms with van der Waals surface area (Å²) in [7, 11) is 0. The standard InChI is InChI=1S/C20H20ClN3O3/c1-13(25)23-17-3-2-4-18(10-17)24-12-15(9-19(24)26)20(27)22-11-14-5-7-16(21)8-6-14/h2-8,10,15H,9,11-12H2,1H3,(H,22,27)(H,23,25)/t15-/m1/s1. The van der Waals surface area contributed by atoms with E-state index in [1.54, 1.807) is 41.3 Å². The Bertz CT molecular complexity index is 867. The van der Waals surface area contributed by atoms with Crippen molar-refractivity contribution >= 4 is 40.7 Å². The van der Waals surface area contributed by atoms with Crippen molar-refractivity contribution < 1.29 is 14.4 Å². The maximum absolute atomic E-state index is 12.4. The number of anilines is 2. The zero-order valence-corrected chi connectivity index (χ0v) is 15.6. The van der Waals surface area contributed by atoms with Crippen molar-refractivity contribution in [2.24, 2.45) is 5.92 Å². The fourth-order valence-electron chi connectivity index (χ4n) is 3.02. The number of carbonyl (C=O) groups is 3. The summed E-state index contributed by atoms with van der Waals surface area (Å²) in [5, 5.41) is 6.21. The summed E-state index contributed by atoms with van der Waals surface area (Å²) in [4.78, 5) is 37.6. The Morgan fingerprint density at radius 1 is 1.19 bits per heavy atom. The normalized spacial score (nSPS) is 16.3. The first kappa shape index (κ1) is 18.9.